The number of amides is 3. The molecule has 14 radical (unpaired) electrons. The van der Waals surface area contributed by atoms with Crippen LogP contribution >= 0.6 is 0 Å². The lowest BCUT2D eigenvalue weighted by Crippen LogP contribution is -2.69. The molecule has 2 atom stereocenters. The number of carbonyl (C=O) groups excluding carboxylic acids is 3. The van der Waals surface area contributed by atoms with Crippen molar-refractivity contribution in [3.05, 3.63) is 16.9 Å². The molecule has 7 nitrogen and oxygen atoms in total. The summed E-state index contributed by atoms with van der Waals surface area (Å²) in [5, 5.41) is 7.44. The molecule has 2 unspecified atom stereocenters. The van der Waals surface area contributed by atoms with Gasteiger partial charge >= 0.3 is 0 Å². The van der Waals surface area contributed by atoms with Gasteiger partial charge in [0.1, 0.15) is 33.2 Å². The number of carbonyl (C=O) groups is 3. The van der Waals surface area contributed by atoms with E-state index in [2.05, 4.69) is 0 Å². The molecule has 2 heterocycles. The second-order valence-corrected chi connectivity index (χ2v) is 6.73. The quantitative estimate of drug-likeness (QED) is 0.263. The number of piperidine rings is 1. The molecule has 2 aliphatic heterocycles. The third kappa shape index (κ3) is 2.25. The molecule has 0 aromatic heterocycles. The Morgan fingerprint density at radius 1 is 1.07 bits per heavy atom. The van der Waals surface area contributed by atoms with Gasteiger partial charge in [-0.1, -0.05) is 5.21 Å². The van der Waals surface area contributed by atoms with Crippen LogP contribution in [0.2, 0.25) is 10.4 Å². The number of nitrogens with zero attached hydrogens (tertiary/aromatic N) is 1. The maximum Gasteiger partial charge on any atom is 0.256 e. The standard InChI is InChI=1S/C13H5B7FN3O4/c14-3-1-2(6(22)4(15)5(3)21)13(20,28)24(9(1)26)7-8(25)23-10(27)12(18,19)11(7,16)17/h7,28H,22H2,(H,23,25,27). The highest BCUT2D eigenvalue weighted by Crippen LogP contribution is 2.52. The monoisotopic (exact) mass is 363 g/mol. The first-order chi connectivity index (χ1) is 12.6. The predicted octanol–water partition coefficient (Wildman–Crippen LogP) is -5.35. The lowest BCUT2D eigenvalue weighted by molar-refractivity contribution is -0.143. The zero-order valence-corrected chi connectivity index (χ0v) is 14.2. The fraction of sp³-hybridized carbons (Fsp3) is 0.308. The molecular weight excluding hydrogens is 357 g/mol. The Labute approximate surface area is 168 Å². The van der Waals surface area contributed by atoms with Crippen LogP contribution in [0.15, 0.2) is 0 Å². The number of nitrogen functional groups attached to an aromatic ring is 1. The Kier molecular flexibility index (Phi) is 4.25. The SMILES string of the molecule is [B]c1c(N)c2c(c([B])c1F)C(=O)N(C1C(=O)NC(=O)C([B])([B])C1([B])[B])C2([B])O. The van der Waals surface area contributed by atoms with Gasteiger partial charge in [-0.3, -0.25) is 19.7 Å². The summed E-state index contributed by atoms with van der Waals surface area (Å²) in [4.78, 5) is 37.6. The lowest BCUT2D eigenvalue weighted by atomic mass is 9.26. The van der Waals surface area contributed by atoms with E-state index >= 15 is 0 Å². The predicted molar refractivity (Wildman–Crippen MR) is 103 cm³/mol. The Morgan fingerprint density at radius 3 is 2.14 bits per heavy atom. The Bertz CT molecular complexity index is 968. The zero-order chi connectivity index (χ0) is 21.6. The number of hydrogen-bond acceptors (Lipinski definition) is 5. The van der Waals surface area contributed by atoms with Gasteiger partial charge in [-0.25, -0.2) is 4.39 Å². The molecule has 4 N–H and O–H groups in total. The molecule has 124 valence electrons. The number of nitrogens with one attached hydrogen (secondary N) is 1. The highest BCUT2D eigenvalue weighted by molar-refractivity contribution is 6.63. The summed E-state index contributed by atoms with van der Waals surface area (Å²) in [7, 11) is 39.9. The highest BCUT2D eigenvalue weighted by atomic mass is 19.1. The fourth-order valence-corrected chi connectivity index (χ4v) is 3.35. The summed E-state index contributed by atoms with van der Waals surface area (Å²) >= 11 is 0. The number of imide groups is 1. The van der Waals surface area contributed by atoms with Gasteiger partial charge in [0.15, 0.2) is 7.85 Å². The van der Waals surface area contributed by atoms with Crippen LogP contribution in [0, 0.1) is 5.82 Å². The van der Waals surface area contributed by atoms with Crippen molar-refractivity contribution in [3.8, 4) is 0 Å². The third-order valence-electron chi connectivity index (χ3n) is 5.01. The maximum atomic E-state index is 14.2. The minimum absolute atomic E-state index is 0.263. The van der Waals surface area contributed by atoms with E-state index in [-0.39, 0.29) is 4.90 Å². The molecule has 3 amide bonds. The summed E-state index contributed by atoms with van der Waals surface area (Å²) < 4.78 is 14.2. The van der Waals surface area contributed by atoms with Crippen LogP contribution in [0.5, 0.6) is 0 Å². The number of hydrogen-bond donors (Lipinski definition) is 3. The van der Waals surface area contributed by atoms with Gasteiger partial charge in [0, 0.05) is 16.8 Å². The van der Waals surface area contributed by atoms with Crippen molar-refractivity contribution in [2.75, 3.05) is 5.73 Å². The second-order valence-electron chi connectivity index (χ2n) is 6.73. The van der Waals surface area contributed by atoms with E-state index in [1.54, 1.807) is 5.32 Å². The summed E-state index contributed by atoms with van der Waals surface area (Å²) in [6.07, 6.45) is 0. The van der Waals surface area contributed by atoms with Crippen LogP contribution in [0.1, 0.15) is 15.9 Å². The Balaban J connectivity index is 2.29. The molecule has 2 aliphatic rings. The molecule has 0 spiro atoms. The molecule has 1 saturated heterocycles. The van der Waals surface area contributed by atoms with Crippen molar-refractivity contribution >= 4 is 89.3 Å². The van der Waals surface area contributed by atoms with Crippen LogP contribution < -0.4 is 22.0 Å². The Morgan fingerprint density at radius 2 is 1.61 bits per heavy atom. The number of benzene rings is 1. The van der Waals surface area contributed by atoms with E-state index in [9.17, 15) is 23.9 Å². The van der Waals surface area contributed by atoms with E-state index in [4.69, 9.17) is 60.7 Å². The number of rotatable bonds is 1. The van der Waals surface area contributed by atoms with Crippen LogP contribution in [0.4, 0.5) is 10.1 Å². The highest BCUT2D eigenvalue weighted by Gasteiger charge is 2.61. The molecule has 1 fully saturated rings. The molecule has 15 heteroatoms. The number of anilines is 1. The first-order valence-electron chi connectivity index (χ1n) is 7.62. The summed E-state index contributed by atoms with van der Waals surface area (Å²) in [6.45, 7) is 0. The number of halogens is 1. The van der Waals surface area contributed by atoms with E-state index in [0.717, 1.165) is 0 Å². The largest absolute Gasteiger partial charge is 0.399 e. The molecule has 28 heavy (non-hydrogen) atoms. The minimum Gasteiger partial charge on any atom is -0.399 e. The minimum atomic E-state index is -2.88. The molecule has 0 saturated carbocycles. The van der Waals surface area contributed by atoms with Crippen molar-refractivity contribution in [3.63, 3.8) is 0 Å². The van der Waals surface area contributed by atoms with Crippen LogP contribution in [-0.2, 0) is 15.2 Å². The van der Waals surface area contributed by atoms with Crippen molar-refractivity contribution < 1.29 is 23.9 Å². The van der Waals surface area contributed by atoms with Gasteiger partial charge in [-0.15, -0.1) is 0 Å². The van der Waals surface area contributed by atoms with E-state index in [0.29, 0.717) is 0 Å². The van der Waals surface area contributed by atoms with Gasteiger partial charge in [0.25, 0.3) is 5.91 Å². The topological polar surface area (TPSA) is 113 Å². The molecule has 0 aliphatic carbocycles. The summed E-state index contributed by atoms with van der Waals surface area (Å²) in [6, 6.07) is -2.09. The van der Waals surface area contributed by atoms with Gasteiger partial charge < -0.3 is 15.7 Å². The third-order valence-corrected chi connectivity index (χ3v) is 5.01. The molecule has 1 aromatic carbocycles. The number of aliphatic hydroxyl groups is 1. The van der Waals surface area contributed by atoms with Gasteiger partial charge in [0.2, 0.25) is 11.8 Å². The molecule has 1 aromatic rings. The van der Waals surface area contributed by atoms with Gasteiger partial charge in [-0.05, 0) is 16.1 Å². The van der Waals surface area contributed by atoms with Crippen LogP contribution in [-0.4, -0.2) is 88.7 Å². The maximum absolute atomic E-state index is 14.2. The van der Waals surface area contributed by atoms with E-state index in [1.807, 2.05) is 0 Å². The van der Waals surface area contributed by atoms with E-state index in [1.165, 1.54) is 0 Å². The second kappa shape index (κ2) is 5.75. The number of fused-ring (bicyclic) bond motifs is 1. The van der Waals surface area contributed by atoms with Crippen LogP contribution in [0.25, 0.3) is 0 Å². The van der Waals surface area contributed by atoms with Gasteiger partial charge in [-0.2, -0.15) is 0 Å². The lowest BCUT2D eigenvalue weighted by Gasteiger charge is -2.55. The smallest absolute Gasteiger partial charge is 0.256 e. The van der Waals surface area contributed by atoms with Crippen molar-refractivity contribution in [1.82, 2.24) is 10.2 Å². The Hall–Kier alpha value is -2.03. The fourth-order valence-electron chi connectivity index (χ4n) is 3.35. The first kappa shape index (κ1) is 20.7. The summed E-state index contributed by atoms with van der Waals surface area (Å²) in [5.41, 5.74) is -0.468. The zero-order valence-electron chi connectivity index (χ0n) is 14.2. The number of nitrogens with two attached hydrogens (primary N) is 1. The van der Waals surface area contributed by atoms with Crippen molar-refractivity contribution in [1.29, 1.82) is 0 Å². The average Bonchev–Trinajstić information content (AvgIpc) is 2.77. The van der Waals surface area contributed by atoms with Crippen molar-refractivity contribution in [2.24, 2.45) is 0 Å². The molecule has 0 bridgehead atoms. The molecular formula is C13H5B7FN3O4. The van der Waals surface area contributed by atoms with Gasteiger partial charge in [0.05, 0.1) is 31.4 Å². The van der Waals surface area contributed by atoms with E-state index < -0.39 is 73.4 Å². The normalized spacial score (nSPS) is 28.1. The van der Waals surface area contributed by atoms with Crippen LogP contribution in [0.3, 0.4) is 0 Å². The summed E-state index contributed by atoms with van der Waals surface area (Å²) in [5.74, 6) is -4.99. The first-order valence-corrected chi connectivity index (χ1v) is 7.62. The molecule has 3 rings (SSSR count). The average molecular weight is 362 g/mol. The van der Waals surface area contributed by atoms with Crippen molar-refractivity contribution in [2.45, 2.75) is 22.1 Å².